The van der Waals surface area contributed by atoms with Gasteiger partial charge in [0.05, 0.1) is 6.04 Å². The molecule has 3 rings (SSSR count). The zero-order valence-corrected chi connectivity index (χ0v) is 10.4. The number of hydrogen-bond donors (Lipinski definition) is 3. The molecule has 0 radical (unpaired) electrons. The normalized spacial score (nSPS) is 19.7. The van der Waals surface area contributed by atoms with Crippen molar-refractivity contribution in [1.82, 2.24) is 20.5 Å². The number of nitrogen functional groups attached to an aromatic ring is 1. The fourth-order valence-corrected chi connectivity index (χ4v) is 2.61. The predicted molar refractivity (Wildman–Crippen MR) is 69.8 cm³/mol. The molecule has 0 fully saturated rings. The Morgan fingerprint density at radius 3 is 3.17 bits per heavy atom. The number of hydrogen-bond acceptors (Lipinski definition) is 4. The molecule has 0 spiro atoms. The van der Waals surface area contributed by atoms with Crippen LogP contribution in [0.2, 0.25) is 0 Å². The Labute approximate surface area is 106 Å². The minimum atomic E-state index is 0.168. The first-order valence-corrected chi connectivity index (χ1v) is 6.23. The van der Waals surface area contributed by atoms with E-state index in [9.17, 15) is 0 Å². The summed E-state index contributed by atoms with van der Waals surface area (Å²) in [6, 6.07) is 6.72. The smallest absolute Gasteiger partial charge is 0.141 e. The van der Waals surface area contributed by atoms with Crippen LogP contribution in [0.15, 0.2) is 24.5 Å². The third-order valence-corrected chi connectivity index (χ3v) is 3.54. The summed E-state index contributed by atoms with van der Waals surface area (Å²) in [5.41, 5.74) is 9.37. The Morgan fingerprint density at radius 1 is 1.50 bits per heavy atom. The number of aromatic nitrogens is 3. The van der Waals surface area contributed by atoms with E-state index in [0.717, 1.165) is 24.4 Å². The molecule has 1 heterocycles. The molecule has 5 heteroatoms. The molecule has 18 heavy (non-hydrogen) atoms. The molecule has 1 aliphatic carbocycles. The summed E-state index contributed by atoms with van der Waals surface area (Å²) in [5, 5.41) is 10.4. The van der Waals surface area contributed by atoms with Crippen LogP contribution in [0.5, 0.6) is 0 Å². The van der Waals surface area contributed by atoms with Crippen molar-refractivity contribution in [3.05, 3.63) is 41.5 Å². The Balaban J connectivity index is 1.77. The maximum absolute atomic E-state index is 5.81. The van der Waals surface area contributed by atoms with E-state index in [1.165, 1.54) is 17.5 Å². The van der Waals surface area contributed by atoms with Crippen molar-refractivity contribution in [2.24, 2.45) is 0 Å². The van der Waals surface area contributed by atoms with Crippen LogP contribution in [0.4, 0.5) is 5.69 Å². The highest BCUT2D eigenvalue weighted by atomic mass is 15.2. The van der Waals surface area contributed by atoms with Gasteiger partial charge in [0.2, 0.25) is 0 Å². The molecule has 1 aromatic heterocycles. The van der Waals surface area contributed by atoms with Crippen LogP contribution in [0.1, 0.15) is 42.4 Å². The summed E-state index contributed by atoms with van der Waals surface area (Å²) in [6.45, 7) is 2.09. The maximum atomic E-state index is 5.81. The van der Waals surface area contributed by atoms with Crippen molar-refractivity contribution in [2.45, 2.75) is 31.8 Å². The van der Waals surface area contributed by atoms with E-state index in [2.05, 4.69) is 39.6 Å². The highest BCUT2D eigenvalue weighted by Gasteiger charge is 2.24. The van der Waals surface area contributed by atoms with Gasteiger partial charge >= 0.3 is 0 Å². The van der Waals surface area contributed by atoms with E-state index in [1.54, 1.807) is 0 Å². The average Bonchev–Trinajstić information content (AvgIpc) is 2.98. The SMILES string of the molecule is CC(NC1CCc2cc(N)ccc21)c1ncn[nH]1. The van der Waals surface area contributed by atoms with Crippen molar-refractivity contribution >= 4 is 5.69 Å². The van der Waals surface area contributed by atoms with E-state index in [-0.39, 0.29) is 6.04 Å². The van der Waals surface area contributed by atoms with Crippen LogP contribution in [-0.4, -0.2) is 15.2 Å². The summed E-state index contributed by atoms with van der Waals surface area (Å²) in [5.74, 6) is 0.874. The molecular formula is C13H17N5. The average molecular weight is 243 g/mol. The van der Waals surface area contributed by atoms with Gasteiger partial charge in [-0.2, -0.15) is 5.10 Å². The first kappa shape index (κ1) is 11.2. The van der Waals surface area contributed by atoms with Crippen molar-refractivity contribution < 1.29 is 0 Å². The van der Waals surface area contributed by atoms with Crippen molar-refractivity contribution in [1.29, 1.82) is 0 Å². The molecule has 1 aromatic carbocycles. The van der Waals surface area contributed by atoms with Crippen LogP contribution in [0, 0.1) is 0 Å². The molecular weight excluding hydrogens is 226 g/mol. The van der Waals surface area contributed by atoms with E-state index in [4.69, 9.17) is 5.73 Å². The van der Waals surface area contributed by atoms with E-state index < -0.39 is 0 Å². The summed E-state index contributed by atoms with van der Waals surface area (Å²) in [4.78, 5) is 4.18. The minimum Gasteiger partial charge on any atom is -0.399 e. The second-order valence-electron chi connectivity index (χ2n) is 4.81. The highest BCUT2D eigenvalue weighted by Crippen LogP contribution is 2.33. The molecule has 0 bridgehead atoms. The van der Waals surface area contributed by atoms with Crippen LogP contribution in [-0.2, 0) is 6.42 Å². The number of benzene rings is 1. The van der Waals surface area contributed by atoms with Crippen LogP contribution in [0.3, 0.4) is 0 Å². The molecule has 4 N–H and O–H groups in total. The number of aryl methyl sites for hydroxylation is 1. The van der Waals surface area contributed by atoms with Gasteiger partial charge in [0, 0.05) is 11.7 Å². The second-order valence-corrected chi connectivity index (χ2v) is 4.81. The third-order valence-electron chi connectivity index (χ3n) is 3.54. The largest absolute Gasteiger partial charge is 0.399 e. The Kier molecular flexibility index (Phi) is 2.76. The van der Waals surface area contributed by atoms with Gasteiger partial charge in [-0.1, -0.05) is 6.07 Å². The molecule has 5 nitrogen and oxygen atoms in total. The van der Waals surface area contributed by atoms with Gasteiger partial charge in [-0.05, 0) is 43.0 Å². The van der Waals surface area contributed by atoms with Crippen molar-refractivity contribution in [3.8, 4) is 0 Å². The Morgan fingerprint density at radius 2 is 2.39 bits per heavy atom. The number of nitrogens with zero attached hydrogens (tertiary/aromatic N) is 2. The lowest BCUT2D eigenvalue weighted by Gasteiger charge is -2.18. The zero-order chi connectivity index (χ0) is 12.5. The molecule has 2 aromatic rings. The quantitative estimate of drug-likeness (QED) is 0.717. The maximum Gasteiger partial charge on any atom is 0.141 e. The number of nitrogens with two attached hydrogens (primary N) is 1. The number of aromatic amines is 1. The highest BCUT2D eigenvalue weighted by molar-refractivity contribution is 5.47. The van der Waals surface area contributed by atoms with Gasteiger partial charge < -0.3 is 11.1 Å². The van der Waals surface area contributed by atoms with Gasteiger partial charge in [0.15, 0.2) is 0 Å². The number of anilines is 1. The number of fused-ring (bicyclic) bond motifs is 1. The number of nitrogens with one attached hydrogen (secondary N) is 2. The third kappa shape index (κ3) is 1.97. The predicted octanol–water partition coefficient (Wildman–Crippen LogP) is 1.72. The second kappa shape index (κ2) is 4.42. The monoisotopic (exact) mass is 243 g/mol. The minimum absolute atomic E-state index is 0.168. The topological polar surface area (TPSA) is 79.6 Å². The Bertz CT molecular complexity index is 534. The van der Waals surface area contributed by atoms with Gasteiger partial charge in [-0.3, -0.25) is 5.10 Å². The van der Waals surface area contributed by atoms with Gasteiger partial charge in [-0.15, -0.1) is 0 Å². The molecule has 94 valence electrons. The van der Waals surface area contributed by atoms with Crippen LogP contribution < -0.4 is 11.1 Å². The molecule has 0 saturated carbocycles. The zero-order valence-electron chi connectivity index (χ0n) is 10.4. The molecule has 1 aliphatic rings. The van der Waals surface area contributed by atoms with Crippen LogP contribution >= 0.6 is 0 Å². The summed E-state index contributed by atoms with van der Waals surface area (Å²) < 4.78 is 0. The summed E-state index contributed by atoms with van der Waals surface area (Å²) in [7, 11) is 0. The molecule has 2 unspecified atom stereocenters. The molecule has 0 aliphatic heterocycles. The first-order valence-electron chi connectivity index (χ1n) is 6.23. The molecule has 0 amide bonds. The fourth-order valence-electron chi connectivity index (χ4n) is 2.61. The lowest BCUT2D eigenvalue weighted by molar-refractivity contribution is 0.451. The van der Waals surface area contributed by atoms with Gasteiger partial charge in [-0.25, -0.2) is 4.98 Å². The van der Waals surface area contributed by atoms with E-state index in [1.807, 2.05) is 6.07 Å². The Hall–Kier alpha value is -1.88. The first-order chi connectivity index (χ1) is 8.74. The molecule has 2 atom stereocenters. The van der Waals surface area contributed by atoms with Crippen molar-refractivity contribution in [3.63, 3.8) is 0 Å². The standard InChI is InChI=1S/C13H17N5/c1-8(13-15-7-16-18-13)17-12-5-2-9-6-10(14)3-4-11(9)12/h3-4,6-8,12,17H,2,5,14H2,1H3,(H,15,16,18). The van der Waals surface area contributed by atoms with Crippen molar-refractivity contribution in [2.75, 3.05) is 5.73 Å². The lowest BCUT2D eigenvalue weighted by Crippen LogP contribution is -2.23. The van der Waals surface area contributed by atoms with Crippen LogP contribution in [0.25, 0.3) is 0 Å². The van der Waals surface area contributed by atoms with E-state index in [0.29, 0.717) is 6.04 Å². The summed E-state index contributed by atoms with van der Waals surface area (Å²) in [6.07, 6.45) is 3.73. The van der Waals surface area contributed by atoms with Gasteiger partial charge in [0.1, 0.15) is 12.2 Å². The number of rotatable bonds is 3. The summed E-state index contributed by atoms with van der Waals surface area (Å²) >= 11 is 0. The number of H-pyrrole nitrogens is 1. The molecule has 0 saturated heterocycles. The van der Waals surface area contributed by atoms with Gasteiger partial charge in [0.25, 0.3) is 0 Å². The fraction of sp³-hybridized carbons (Fsp3) is 0.385. The van der Waals surface area contributed by atoms with E-state index >= 15 is 0 Å². The lowest BCUT2D eigenvalue weighted by atomic mass is 10.1.